The van der Waals surface area contributed by atoms with Gasteiger partial charge < -0.3 is 36.7 Å². The maximum Gasteiger partial charge on any atom is 0.0637 e. The average Bonchev–Trinajstić information content (AvgIpc) is 3.36. The normalized spacial score (nSPS) is 39.7. The summed E-state index contributed by atoms with van der Waals surface area (Å²) in [5, 5.41) is 3.63. The summed E-state index contributed by atoms with van der Waals surface area (Å²) in [6, 6.07) is 0. The van der Waals surface area contributed by atoms with Crippen molar-refractivity contribution in [2.45, 2.75) is 129 Å². The van der Waals surface area contributed by atoms with E-state index in [0.717, 1.165) is 58.6 Å². The van der Waals surface area contributed by atoms with Crippen molar-refractivity contribution in [2.24, 2.45) is 63.5 Å². The van der Waals surface area contributed by atoms with Crippen molar-refractivity contribution in [2.75, 3.05) is 52.5 Å². The molecule has 0 amide bonds. The summed E-state index contributed by atoms with van der Waals surface area (Å²) in [5.41, 5.74) is 18.2. The summed E-state index contributed by atoms with van der Waals surface area (Å²) in [5.74, 6) is 3.94. The van der Waals surface area contributed by atoms with E-state index in [9.17, 15) is 0 Å². The van der Waals surface area contributed by atoms with Gasteiger partial charge in [-0.25, -0.2) is 0 Å². The molecule has 0 radical (unpaired) electrons. The van der Waals surface area contributed by atoms with Gasteiger partial charge >= 0.3 is 0 Å². The lowest BCUT2D eigenvalue weighted by molar-refractivity contribution is -0.227. The summed E-state index contributed by atoms with van der Waals surface area (Å²) >= 11 is 0. The Morgan fingerprint density at radius 3 is 2.19 bits per heavy atom. The standard InChI is InChI=1S/C36H70N4O3/c1-5-18-40-19-6-10-26(2)29-11-12-30-34-31(25-33(36(29,30)4)43-22-9-17-39)35(3)14-13-28(41-20-7-15-37)23-27(35)24-32(34)42-21-8-16-38/h26-34,40H,5-25,37-39H2,1-4H3/t26-,27?,28-,29-,30+,31+,32-,33+,34?,35+,36?/m1/s1. The Kier molecular flexibility index (Phi) is 14.1. The van der Waals surface area contributed by atoms with E-state index in [0.29, 0.717) is 78.9 Å². The van der Waals surface area contributed by atoms with Gasteiger partial charge in [0.05, 0.1) is 18.3 Å². The van der Waals surface area contributed by atoms with Crippen LogP contribution in [0.5, 0.6) is 0 Å². The number of hydrogen-bond acceptors (Lipinski definition) is 7. The smallest absolute Gasteiger partial charge is 0.0637 e. The molecule has 0 saturated heterocycles. The molecule has 43 heavy (non-hydrogen) atoms. The summed E-state index contributed by atoms with van der Waals surface area (Å²) in [7, 11) is 0. The maximum absolute atomic E-state index is 6.99. The van der Waals surface area contributed by atoms with Crippen molar-refractivity contribution < 1.29 is 14.2 Å². The Balaban J connectivity index is 1.59. The molecule has 4 fully saturated rings. The minimum Gasteiger partial charge on any atom is -0.378 e. The summed E-state index contributed by atoms with van der Waals surface area (Å²) in [6.45, 7) is 16.8. The van der Waals surface area contributed by atoms with Crippen LogP contribution in [0.25, 0.3) is 0 Å². The number of nitrogens with one attached hydrogen (secondary N) is 1. The molecular weight excluding hydrogens is 536 g/mol. The number of nitrogens with two attached hydrogens (primary N) is 3. The van der Waals surface area contributed by atoms with Gasteiger partial charge in [-0.15, -0.1) is 0 Å². The third-order valence-corrected chi connectivity index (χ3v) is 12.9. The molecule has 3 unspecified atom stereocenters. The maximum atomic E-state index is 6.99. The fraction of sp³-hybridized carbons (Fsp3) is 1.00. The van der Waals surface area contributed by atoms with E-state index in [1.165, 1.54) is 57.8 Å². The van der Waals surface area contributed by atoms with E-state index in [4.69, 9.17) is 31.4 Å². The summed E-state index contributed by atoms with van der Waals surface area (Å²) in [4.78, 5) is 0. The zero-order valence-electron chi connectivity index (χ0n) is 28.5. The van der Waals surface area contributed by atoms with E-state index < -0.39 is 0 Å². The van der Waals surface area contributed by atoms with Crippen LogP contribution < -0.4 is 22.5 Å². The molecule has 4 saturated carbocycles. The van der Waals surface area contributed by atoms with E-state index in [1.54, 1.807) is 0 Å². The van der Waals surface area contributed by atoms with Gasteiger partial charge in [0, 0.05) is 25.2 Å². The minimum absolute atomic E-state index is 0.188. The molecule has 0 heterocycles. The van der Waals surface area contributed by atoms with Crippen molar-refractivity contribution >= 4 is 0 Å². The summed E-state index contributed by atoms with van der Waals surface area (Å²) < 4.78 is 20.3. The van der Waals surface area contributed by atoms with Crippen LogP contribution in [-0.4, -0.2) is 70.9 Å². The van der Waals surface area contributed by atoms with Crippen molar-refractivity contribution in [3.63, 3.8) is 0 Å². The lowest BCUT2D eigenvalue weighted by atomic mass is 9.43. The molecule has 252 valence electrons. The predicted octanol–water partition coefficient (Wildman–Crippen LogP) is 5.48. The van der Waals surface area contributed by atoms with Crippen molar-refractivity contribution in [3.05, 3.63) is 0 Å². The lowest BCUT2D eigenvalue weighted by Crippen LogP contribution is -2.63. The van der Waals surface area contributed by atoms with E-state index in [2.05, 4.69) is 33.0 Å². The first-order valence-electron chi connectivity index (χ1n) is 18.5. The number of hydrogen-bond donors (Lipinski definition) is 4. The number of rotatable bonds is 19. The second kappa shape index (κ2) is 17.0. The van der Waals surface area contributed by atoms with Crippen molar-refractivity contribution in [3.8, 4) is 0 Å². The molecule has 4 aliphatic rings. The van der Waals surface area contributed by atoms with Gasteiger partial charge in [-0.2, -0.15) is 0 Å². The highest BCUT2D eigenvalue weighted by Crippen LogP contribution is 2.69. The first-order valence-corrected chi connectivity index (χ1v) is 18.5. The highest BCUT2D eigenvalue weighted by molar-refractivity contribution is 5.15. The Hall–Kier alpha value is -0.280. The van der Waals surface area contributed by atoms with Crippen molar-refractivity contribution in [1.29, 1.82) is 0 Å². The van der Waals surface area contributed by atoms with Gasteiger partial charge in [0.25, 0.3) is 0 Å². The largest absolute Gasteiger partial charge is 0.378 e. The van der Waals surface area contributed by atoms with Crippen LogP contribution in [0.15, 0.2) is 0 Å². The summed E-state index contributed by atoms with van der Waals surface area (Å²) in [6.07, 6.45) is 16.2. The molecule has 0 bridgehead atoms. The number of ether oxygens (including phenoxy) is 3. The molecule has 0 spiro atoms. The predicted molar refractivity (Wildman–Crippen MR) is 178 cm³/mol. The highest BCUT2D eigenvalue weighted by Gasteiger charge is 2.66. The third kappa shape index (κ3) is 8.00. The fourth-order valence-electron chi connectivity index (χ4n) is 10.6. The quantitative estimate of drug-likeness (QED) is 0.144. The van der Waals surface area contributed by atoms with Crippen LogP contribution in [0, 0.1) is 46.3 Å². The van der Waals surface area contributed by atoms with Crippen LogP contribution in [0.3, 0.4) is 0 Å². The Morgan fingerprint density at radius 2 is 1.49 bits per heavy atom. The van der Waals surface area contributed by atoms with Crippen LogP contribution in [0.1, 0.15) is 111 Å². The molecule has 7 N–H and O–H groups in total. The van der Waals surface area contributed by atoms with Gasteiger partial charge in [0.1, 0.15) is 0 Å². The molecule has 4 aliphatic carbocycles. The molecule has 0 aromatic heterocycles. The first kappa shape index (κ1) is 35.6. The molecular formula is C36H70N4O3. The zero-order chi connectivity index (χ0) is 30.9. The number of fused-ring (bicyclic) bond motifs is 5. The lowest BCUT2D eigenvalue weighted by Gasteiger charge is -2.65. The van der Waals surface area contributed by atoms with E-state index in [1.807, 2.05) is 0 Å². The molecule has 0 aliphatic heterocycles. The van der Waals surface area contributed by atoms with Crippen molar-refractivity contribution in [1.82, 2.24) is 5.32 Å². The molecule has 11 atom stereocenters. The van der Waals surface area contributed by atoms with Gasteiger partial charge in [-0.05, 0) is 157 Å². The van der Waals surface area contributed by atoms with Crippen LogP contribution in [-0.2, 0) is 14.2 Å². The molecule has 4 rings (SSSR count). The second-order valence-electron chi connectivity index (χ2n) is 15.3. The van der Waals surface area contributed by atoms with Gasteiger partial charge in [-0.1, -0.05) is 27.7 Å². The SMILES string of the molecule is CCCNCCC[C@@H](C)[C@H]1CC[C@H]2C3[C@H](OCCCN)CC4C[C@H](OCCCN)CC[C@]4(C)[C@H]3C[C@H](OCCCN)C12C. The first-order chi connectivity index (χ1) is 20.8. The van der Waals surface area contributed by atoms with E-state index in [-0.39, 0.29) is 5.41 Å². The van der Waals surface area contributed by atoms with E-state index >= 15 is 0 Å². The molecule has 0 aromatic carbocycles. The van der Waals surface area contributed by atoms with Gasteiger partial charge in [-0.3, -0.25) is 0 Å². The second-order valence-corrected chi connectivity index (χ2v) is 15.3. The average molecular weight is 607 g/mol. The molecule has 7 nitrogen and oxygen atoms in total. The van der Waals surface area contributed by atoms with Gasteiger partial charge in [0.15, 0.2) is 0 Å². The monoisotopic (exact) mass is 607 g/mol. The molecule has 0 aromatic rings. The highest BCUT2D eigenvalue weighted by atomic mass is 16.5. The Morgan fingerprint density at radius 1 is 0.791 bits per heavy atom. The van der Waals surface area contributed by atoms with Crippen LogP contribution in [0.4, 0.5) is 0 Å². The fourth-order valence-corrected chi connectivity index (χ4v) is 10.6. The van der Waals surface area contributed by atoms with Crippen LogP contribution >= 0.6 is 0 Å². The Labute approximate surface area is 264 Å². The molecule has 7 heteroatoms. The van der Waals surface area contributed by atoms with Gasteiger partial charge in [0.2, 0.25) is 0 Å². The topological polar surface area (TPSA) is 118 Å². The Bertz CT molecular complexity index is 802. The minimum atomic E-state index is 0.188. The van der Waals surface area contributed by atoms with Crippen LogP contribution in [0.2, 0.25) is 0 Å². The third-order valence-electron chi connectivity index (χ3n) is 12.9. The zero-order valence-corrected chi connectivity index (χ0v) is 28.5.